The quantitative estimate of drug-likeness (QED) is 0.223. The van der Waals surface area contributed by atoms with Gasteiger partial charge in [-0.1, -0.05) is 11.8 Å². The van der Waals surface area contributed by atoms with E-state index in [4.69, 9.17) is 9.47 Å². The first-order valence-electron chi connectivity index (χ1n) is 9.94. The number of rotatable bonds is 7. The van der Waals surface area contributed by atoms with E-state index in [0.29, 0.717) is 33.8 Å². The van der Waals surface area contributed by atoms with Crippen LogP contribution in [0.2, 0.25) is 0 Å². The number of carbonyl (C=O) groups is 1. The fourth-order valence-electron chi connectivity index (χ4n) is 3.11. The molecule has 4 rings (SSSR count). The van der Waals surface area contributed by atoms with Gasteiger partial charge in [0.15, 0.2) is 5.82 Å². The lowest BCUT2D eigenvalue weighted by Gasteiger charge is -2.16. The molecule has 0 fully saturated rings. The highest BCUT2D eigenvalue weighted by molar-refractivity contribution is 7.99. The number of non-ortho nitro benzene ring substituents is 1. The second-order valence-corrected chi connectivity index (χ2v) is 7.75. The number of esters is 1. The van der Waals surface area contributed by atoms with Gasteiger partial charge in [-0.05, 0) is 55.0 Å². The summed E-state index contributed by atoms with van der Waals surface area (Å²) in [6, 6.07) is 13.2. The van der Waals surface area contributed by atoms with Crippen molar-refractivity contribution in [1.29, 1.82) is 0 Å². The Bertz CT molecular complexity index is 1250. The van der Waals surface area contributed by atoms with Crippen LogP contribution in [0, 0.1) is 10.1 Å². The van der Waals surface area contributed by atoms with E-state index >= 15 is 0 Å². The summed E-state index contributed by atoms with van der Waals surface area (Å²) < 4.78 is 12.0. The number of hydrogen-bond donors (Lipinski definition) is 0. The van der Waals surface area contributed by atoms with Crippen molar-refractivity contribution in [3.8, 4) is 17.1 Å². The third-order valence-electron chi connectivity index (χ3n) is 4.74. The fourth-order valence-corrected chi connectivity index (χ4v) is 3.93. The van der Waals surface area contributed by atoms with Gasteiger partial charge in [-0.3, -0.25) is 10.1 Å². The minimum atomic E-state index is -0.530. The molecule has 0 spiro atoms. The normalized spacial score (nSPS) is 13.2. The van der Waals surface area contributed by atoms with E-state index < -0.39 is 10.9 Å². The van der Waals surface area contributed by atoms with Crippen LogP contribution in [0.15, 0.2) is 64.4 Å². The number of nitro groups is 1. The zero-order chi connectivity index (χ0) is 23.4. The topological polar surface area (TPSA) is 122 Å². The molecule has 0 saturated heterocycles. The van der Waals surface area contributed by atoms with E-state index in [9.17, 15) is 14.9 Å². The molecule has 11 heteroatoms. The monoisotopic (exact) mass is 465 g/mol. The average molecular weight is 465 g/mol. The molecule has 1 aliphatic rings. The highest BCUT2D eigenvalue weighted by Crippen LogP contribution is 2.30. The Labute approximate surface area is 193 Å². The molecule has 1 aliphatic heterocycles. The minimum Gasteiger partial charge on any atom is -0.497 e. The molecule has 3 aromatic rings. The van der Waals surface area contributed by atoms with Gasteiger partial charge in [0.05, 0.1) is 29.9 Å². The van der Waals surface area contributed by atoms with Gasteiger partial charge < -0.3 is 9.47 Å². The lowest BCUT2D eigenvalue weighted by atomic mass is 10.1. The number of ether oxygens (including phenoxy) is 2. The number of thioether (sulfide) groups is 1. The third-order valence-corrected chi connectivity index (χ3v) is 5.67. The summed E-state index contributed by atoms with van der Waals surface area (Å²) >= 11 is 1.40. The standard InChI is InChI=1S/C22H19N5O5S/c1-3-32-21(28)18(12-14-4-8-16(9-5-14)27(29)30)19-13-33-22-24-23-20(26(22)25-19)15-6-10-17(31-2)11-7-15/h4-12H,3,13H2,1-2H3/b18-12-. The first kappa shape index (κ1) is 22.2. The molecule has 168 valence electrons. The van der Waals surface area contributed by atoms with Gasteiger partial charge in [0.1, 0.15) is 5.75 Å². The summed E-state index contributed by atoms with van der Waals surface area (Å²) in [5.41, 5.74) is 2.12. The zero-order valence-corrected chi connectivity index (χ0v) is 18.6. The second-order valence-electron chi connectivity index (χ2n) is 6.81. The number of methoxy groups -OCH3 is 1. The maximum atomic E-state index is 12.8. The van der Waals surface area contributed by atoms with Crippen molar-refractivity contribution in [2.75, 3.05) is 19.5 Å². The Morgan fingerprint density at radius 1 is 1.18 bits per heavy atom. The van der Waals surface area contributed by atoms with Crippen molar-refractivity contribution in [2.24, 2.45) is 5.10 Å². The van der Waals surface area contributed by atoms with E-state index in [1.165, 1.54) is 23.9 Å². The van der Waals surface area contributed by atoms with Crippen molar-refractivity contribution >= 4 is 35.2 Å². The fraction of sp³-hybridized carbons (Fsp3) is 0.182. The first-order valence-corrected chi connectivity index (χ1v) is 10.9. The molecule has 10 nitrogen and oxygen atoms in total. The van der Waals surface area contributed by atoms with Gasteiger partial charge in [-0.15, -0.1) is 10.2 Å². The van der Waals surface area contributed by atoms with Gasteiger partial charge in [-0.2, -0.15) is 9.78 Å². The van der Waals surface area contributed by atoms with Crippen LogP contribution in [0.4, 0.5) is 5.69 Å². The Hall–Kier alpha value is -3.99. The van der Waals surface area contributed by atoms with Crippen LogP contribution in [0.5, 0.6) is 5.75 Å². The summed E-state index contributed by atoms with van der Waals surface area (Å²) in [5, 5.41) is 24.6. The highest BCUT2D eigenvalue weighted by Gasteiger charge is 2.25. The number of benzene rings is 2. The van der Waals surface area contributed by atoms with E-state index in [1.54, 1.807) is 36.9 Å². The summed E-state index contributed by atoms with van der Waals surface area (Å²) in [6.45, 7) is 1.92. The molecule has 0 N–H and O–H groups in total. The van der Waals surface area contributed by atoms with E-state index in [0.717, 1.165) is 5.56 Å². The van der Waals surface area contributed by atoms with E-state index in [1.807, 2.05) is 24.3 Å². The van der Waals surface area contributed by atoms with Crippen molar-refractivity contribution in [3.05, 3.63) is 69.8 Å². The number of carbonyl (C=O) groups excluding carboxylic acids is 1. The van der Waals surface area contributed by atoms with E-state index in [2.05, 4.69) is 15.3 Å². The molecule has 0 bridgehead atoms. The Morgan fingerprint density at radius 2 is 1.91 bits per heavy atom. The predicted molar refractivity (Wildman–Crippen MR) is 123 cm³/mol. The molecule has 0 aliphatic carbocycles. The molecule has 0 saturated carbocycles. The van der Waals surface area contributed by atoms with Crippen molar-refractivity contribution in [2.45, 2.75) is 12.1 Å². The average Bonchev–Trinajstić information content (AvgIpc) is 3.26. The van der Waals surface area contributed by atoms with Crippen LogP contribution in [0.1, 0.15) is 12.5 Å². The largest absolute Gasteiger partial charge is 0.497 e. The number of nitro benzene ring substituents is 1. The van der Waals surface area contributed by atoms with Crippen molar-refractivity contribution in [3.63, 3.8) is 0 Å². The van der Waals surface area contributed by atoms with Crippen LogP contribution in [-0.4, -0.2) is 50.9 Å². The minimum absolute atomic E-state index is 0.0336. The second kappa shape index (κ2) is 9.65. The van der Waals surface area contributed by atoms with Crippen LogP contribution >= 0.6 is 11.8 Å². The highest BCUT2D eigenvalue weighted by atomic mass is 32.2. The molecule has 0 amide bonds. The first-order chi connectivity index (χ1) is 16.0. The van der Waals surface area contributed by atoms with Gasteiger partial charge >= 0.3 is 5.97 Å². The number of hydrogen-bond acceptors (Lipinski definition) is 9. The lowest BCUT2D eigenvalue weighted by molar-refractivity contribution is -0.384. The van der Waals surface area contributed by atoms with Crippen molar-refractivity contribution in [1.82, 2.24) is 14.9 Å². The molecule has 0 atom stereocenters. The van der Waals surface area contributed by atoms with Gasteiger partial charge in [0, 0.05) is 23.4 Å². The Balaban J connectivity index is 1.74. The molecule has 33 heavy (non-hydrogen) atoms. The summed E-state index contributed by atoms with van der Waals surface area (Å²) in [4.78, 5) is 23.2. The third kappa shape index (κ3) is 4.77. The SMILES string of the molecule is CCOC(=O)/C(=C\c1ccc([N+](=O)[O-])cc1)C1=Nn2c(nnc2-c2ccc(OC)cc2)SC1. The van der Waals surface area contributed by atoms with Crippen LogP contribution in [0.25, 0.3) is 17.5 Å². The lowest BCUT2D eigenvalue weighted by Crippen LogP contribution is -2.21. The maximum Gasteiger partial charge on any atom is 0.340 e. The molecule has 1 aromatic heterocycles. The van der Waals surface area contributed by atoms with Gasteiger partial charge in [0.25, 0.3) is 5.69 Å². The van der Waals surface area contributed by atoms with Gasteiger partial charge in [0.2, 0.25) is 5.16 Å². The maximum absolute atomic E-state index is 12.8. The Morgan fingerprint density at radius 3 is 2.55 bits per heavy atom. The predicted octanol–water partition coefficient (Wildman–Crippen LogP) is 3.82. The molecular formula is C22H19N5O5S. The summed E-state index contributed by atoms with van der Waals surface area (Å²) in [6.07, 6.45) is 1.61. The molecule has 0 unspecified atom stereocenters. The molecular weight excluding hydrogens is 446 g/mol. The number of aromatic nitrogens is 3. The van der Waals surface area contributed by atoms with Gasteiger partial charge in [-0.25, -0.2) is 4.79 Å². The molecule has 0 radical (unpaired) electrons. The summed E-state index contributed by atoms with van der Waals surface area (Å²) in [7, 11) is 1.59. The van der Waals surface area contributed by atoms with Crippen LogP contribution in [-0.2, 0) is 9.53 Å². The van der Waals surface area contributed by atoms with Crippen LogP contribution < -0.4 is 4.74 Å². The number of fused-ring (bicyclic) bond motifs is 1. The van der Waals surface area contributed by atoms with Crippen LogP contribution in [0.3, 0.4) is 0 Å². The Kier molecular flexibility index (Phi) is 6.50. The zero-order valence-electron chi connectivity index (χ0n) is 17.8. The van der Waals surface area contributed by atoms with Crippen molar-refractivity contribution < 1.29 is 19.2 Å². The van der Waals surface area contributed by atoms with E-state index in [-0.39, 0.29) is 17.9 Å². The number of nitrogens with zero attached hydrogens (tertiary/aromatic N) is 5. The molecule has 2 heterocycles. The smallest absolute Gasteiger partial charge is 0.340 e. The molecule has 2 aromatic carbocycles. The summed E-state index contributed by atoms with van der Waals surface area (Å²) in [5.74, 6) is 1.10.